The van der Waals surface area contributed by atoms with E-state index < -0.39 is 35.8 Å². The van der Waals surface area contributed by atoms with E-state index >= 15 is 0 Å². The van der Waals surface area contributed by atoms with Gasteiger partial charge in [0.15, 0.2) is 0 Å². The molecule has 0 aromatic heterocycles. The normalized spacial score (nSPS) is 20.4. The smallest absolute Gasteiger partial charge is 0.245 e. The van der Waals surface area contributed by atoms with E-state index in [0.29, 0.717) is 30.6 Å². The lowest BCUT2D eigenvalue weighted by molar-refractivity contribution is -0.142. The zero-order valence-corrected chi connectivity index (χ0v) is 23.4. The molecule has 4 bridgehead atoms. The highest BCUT2D eigenvalue weighted by Gasteiger charge is 2.34. The average Bonchev–Trinajstić information content (AvgIpc) is 2.93. The fraction of sp³-hybridized carbons (Fsp3) is 0.483. The molecule has 0 spiro atoms. The number of fused-ring (bicyclic) bond motifs is 5. The van der Waals surface area contributed by atoms with Crippen LogP contribution >= 0.6 is 0 Å². The van der Waals surface area contributed by atoms with Gasteiger partial charge in [-0.3, -0.25) is 14.4 Å². The predicted octanol–water partition coefficient (Wildman–Crippen LogP) is 0.343. The number of nitrogens with one attached hydrogen (secondary N) is 2. The number of phenolic OH excluding ortho intramolecular Hbond substituents is 2. The zero-order valence-electron chi connectivity index (χ0n) is 23.4. The quantitative estimate of drug-likeness (QED) is 0.254. The minimum Gasteiger partial charge on any atom is -0.508 e. The Morgan fingerprint density at radius 1 is 1.05 bits per heavy atom. The molecular weight excluding hydrogens is 512 g/mol. The predicted molar refractivity (Wildman–Crippen MR) is 153 cm³/mol. The van der Waals surface area contributed by atoms with Gasteiger partial charge in [0.05, 0.1) is 6.04 Å². The maximum absolute atomic E-state index is 13.8. The van der Waals surface area contributed by atoms with Gasteiger partial charge in [-0.1, -0.05) is 26.0 Å². The molecule has 3 atom stereocenters. The molecule has 218 valence electrons. The number of nitrogens with zero attached hydrogens (tertiary/aromatic N) is 1. The monoisotopic (exact) mass is 554 g/mol. The second-order valence-electron chi connectivity index (χ2n) is 11.2. The van der Waals surface area contributed by atoms with Gasteiger partial charge in [-0.2, -0.15) is 0 Å². The lowest BCUT2D eigenvalue weighted by Gasteiger charge is -2.32. The Balaban J connectivity index is 2.12. The number of benzene rings is 2. The van der Waals surface area contributed by atoms with Gasteiger partial charge < -0.3 is 42.9 Å². The van der Waals surface area contributed by atoms with Crippen molar-refractivity contribution in [2.75, 3.05) is 26.7 Å². The Labute approximate surface area is 235 Å². The molecule has 3 rings (SSSR count). The molecular formula is C29H42N6O5. The third kappa shape index (κ3) is 7.50. The van der Waals surface area contributed by atoms with Crippen LogP contribution in [-0.2, 0) is 27.2 Å². The molecule has 11 nitrogen and oxygen atoms in total. The summed E-state index contributed by atoms with van der Waals surface area (Å²) in [6.45, 7) is 4.76. The summed E-state index contributed by atoms with van der Waals surface area (Å²) >= 11 is 0. The van der Waals surface area contributed by atoms with Crippen LogP contribution in [0.1, 0.15) is 37.8 Å². The molecule has 3 amide bonds. The number of hydrogen-bond donors (Lipinski definition) is 7. The number of nitrogens with two attached hydrogens (primary N) is 3. The molecule has 1 aliphatic heterocycles. The van der Waals surface area contributed by atoms with Crippen molar-refractivity contribution in [2.24, 2.45) is 22.6 Å². The van der Waals surface area contributed by atoms with Crippen molar-refractivity contribution >= 4 is 17.7 Å². The van der Waals surface area contributed by atoms with Gasteiger partial charge in [-0.05, 0) is 77.9 Å². The molecule has 0 radical (unpaired) electrons. The molecule has 0 saturated heterocycles. The minimum absolute atomic E-state index is 0.0112. The van der Waals surface area contributed by atoms with E-state index in [1.165, 1.54) is 24.1 Å². The Hall–Kier alpha value is -3.67. The lowest BCUT2D eigenvalue weighted by Crippen LogP contribution is -2.57. The van der Waals surface area contributed by atoms with Crippen molar-refractivity contribution in [1.82, 2.24) is 15.5 Å². The fourth-order valence-electron chi connectivity index (χ4n) is 4.57. The molecule has 1 aliphatic rings. The van der Waals surface area contributed by atoms with Gasteiger partial charge in [0.1, 0.15) is 23.6 Å². The summed E-state index contributed by atoms with van der Waals surface area (Å²) in [5.74, 6) is -1.50. The average molecular weight is 555 g/mol. The SMILES string of the molecule is CN1C(=O)[C@H](CCCN)NC(=O)[C@H](N)Cc2cc(ccc2O)-c2ccc(O)c(c2)C[C@H]1C(=O)NCC(C)(C)CN. The summed E-state index contributed by atoms with van der Waals surface area (Å²) in [5.41, 5.74) is 19.7. The number of phenols is 2. The fourth-order valence-corrected chi connectivity index (χ4v) is 4.57. The first kappa shape index (κ1) is 30.9. The highest BCUT2D eigenvalue weighted by atomic mass is 16.3. The lowest BCUT2D eigenvalue weighted by atomic mass is 9.93. The van der Waals surface area contributed by atoms with E-state index in [2.05, 4.69) is 10.6 Å². The van der Waals surface area contributed by atoms with Crippen molar-refractivity contribution in [3.8, 4) is 22.6 Å². The molecule has 10 N–H and O–H groups in total. The first-order valence-electron chi connectivity index (χ1n) is 13.5. The number of carbonyl (C=O) groups excluding carboxylic acids is 3. The van der Waals surface area contributed by atoms with Crippen molar-refractivity contribution in [3.63, 3.8) is 0 Å². The summed E-state index contributed by atoms with van der Waals surface area (Å²) in [6, 6.07) is 6.95. The molecule has 0 fully saturated rings. The standard InChI is InChI=1S/C29H42N6O5/c1-29(2,15-31)16-33-27(39)23-14-20-12-18(7-9-25(20)37)17-6-8-24(36)19(11-17)13-21(32)26(38)34-22(5-4-10-30)28(40)35(23)3/h6-9,11-12,21-23,36-37H,4-5,10,13-16,30-32H2,1-3H3,(H,33,39)(H,34,38)/t21-,22+,23+/m1/s1. The maximum atomic E-state index is 13.8. The summed E-state index contributed by atoms with van der Waals surface area (Å²) in [7, 11) is 1.50. The van der Waals surface area contributed by atoms with Gasteiger partial charge in [0.2, 0.25) is 17.7 Å². The number of likely N-dealkylation sites (N-methyl/N-ethyl adjacent to an activating group) is 1. The van der Waals surface area contributed by atoms with Crippen LogP contribution in [0.2, 0.25) is 0 Å². The molecule has 0 aliphatic carbocycles. The summed E-state index contributed by atoms with van der Waals surface area (Å²) in [5, 5.41) is 26.8. The van der Waals surface area contributed by atoms with Gasteiger partial charge in [-0.15, -0.1) is 0 Å². The van der Waals surface area contributed by atoms with Crippen LogP contribution < -0.4 is 27.8 Å². The van der Waals surface area contributed by atoms with Crippen LogP contribution in [0.5, 0.6) is 11.5 Å². The van der Waals surface area contributed by atoms with Crippen LogP contribution in [0.4, 0.5) is 0 Å². The second-order valence-corrected chi connectivity index (χ2v) is 11.2. The highest BCUT2D eigenvalue weighted by Crippen LogP contribution is 2.31. The van der Waals surface area contributed by atoms with Gasteiger partial charge in [0, 0.05) is 26.4 Å². The largest absolute Gasteiger partial charge is 0.508 e. The van der Waals surface area contributed by atoms with Crippen LogP contribution in [-0.4, -0.2) is 77.6 Å². The molecule has 2 aromatic carbocycles. The van der Waals surface area contributed by atoms with E-state index in [1.54, 1.807) is 24.3 Å². The Bertz CT molecular complexity index is 1230. The van der Waals surface area contributed by atoms with Gasteiger partial charge in [-0.25, -0.2) is 0 Å². The summed E-state index contributed by atoms with van der Waals surface area (Å²) in [6.07, 6.45) is 0.742. The second kappa shape index (κ2) is 13.1. The van der Waals surface area contributed by atoms with E-state index in [-0.39, 0.29) is 42.7 Å². The molecule has 11 heteroatoms. The molecule has 1 heterocycles. The van der Waals surface area contributed by atoms with Crippen LogP contribution in [0.15, 0.2) is 36.4 Å². The van der Waals surface area contributed by atoms with Crippen molar-refractivity contribution in [2.45, 2.75) is 57.7 Å². The maximum Gasteiger partial charge on any atom is 0.245 e. The molecule has 0 saturated carbocycles. The van der Waals surface area contributed by atoms with Crippen molar-refractivity contribution < 1.29 is 24.6 Å². The zero-order chi connectivity index (χ0) is 29.6. The van der Waals surface area contributed by atoms with E-state index in [1.807, 2.05) is 13.8 Å². The first-order chi connectivity index (χ1) is 18.9. The molecule has 40 heavy (non-hydrogen) atoms. The molecule has 2 aromatic rings. The Morgan fingerprint density at radius 3 is 2.17 bits per heavy atom. The third-order valence-electron chi connectivity index (χ3n) is 7.41. The topological polar surface area (TPSA) is 197 Å². The van der Waals surface area contributed by atoms with E-state index in [9.17, 15) is 24.6 Å². The third-order valence-corrected chi connectivity index (χ3v) is 7.41. The summed E-state index contributed by atoms with van der Waals surface area (Å²) in [4.78, 5) is 41.7. The number of amides is 3. The van der Waals surface area contributed by atoms with Crippen LogP contribution in [0, 0.1) is 5.41 Å². The van der Waals surface area contributed by atoms with Crippen LogP contribution in [0.25, 0.3) is 11.1 Å². The minimum atomic E-state index is -1.04. The van der Waals surface area contributed by atoms with Gasteiger partial charge >= 0.3 is 0 Å². The summed E-state index contributed by atoms with van der Waals surface area (Å²) < 4.78 is 0. The first-order valence-corrected chi connectivity index (χ1v) is 13.5. The van der Waals surface area contributed by atoms with E-state index in [4.69, 9.17) is 17.2 Å². The highest BCUT2D eigenvalue weighted by molar-refractivity contribution is 5.93. The Kier molecular flexibility index (Phi) is 10.1. The van der Waals surface area contributed by atoms with Crippen molar-refractivity contribution in [3.05, 3.63) is 47.5 Å². The Morgan fingerprint density at radius 2 is 1.62 bits per heavy atom. The van der Waals surface area contributed by atoms with Crippen molar-refractivity contribution in [1.29, 1.82) is 0 Å². The number of hydrogen-bond acceptors (Lipinski definition) is 8. The molecule has 0 unspecified atom stereocenters. The number of rotatable bonds is 7. The van der Waals surface area contributed by atoms with Gasteiger partial charge in [0.25, 0.3) is 0 Å². The van der Waals surface area contributed by atoms with Crippen LogP contribution in [0.3, 0.4) is 0 Å². The number of aromatic hydroxyl groups is 2. The van der Waals surface area contributed by atoms with E-state index in [0.717, 1.165) is 11.1 Å². The number of carbonyl (C=O) groups is 3.